The van der Waals surface area contributed by atoms with E-state index in [9.17, 15) is 24.3 Å². The van der Waals surface area contributed by atoms with Crippen LogP contribution in [0.3, 0.4) is 0 Å². The minimum atomic E-state index is -1.26. The molecular formula is C23H29N5O5. The molecule has 5 N–H and O–H groups in total. The topological polar surface area (TPSA) is 155 Å². The third-order valence-electron chi connectivity index (χ3n) is 5.97. The molecule has 1 unspecified atom stereocenters. The average Bonchev–Trinajstić information content (AvgIpc) is 3.20. The number of carbonyl (C=O) groups is 4. The molecule has 1 saturated heterocycles. The van der Waals surface area contributed by atoms with Crippen molar-refractivity contribution in [2.45, 2.75) is 50.2 Å². The smallest absolute Gasteiger partial charge is 0.326 e. The summed E-state index contributed by atoms with van der Waals surface area (Å²) in [4.78, 5) is 53.2. The van der Waals surface area contributed by atoms with Gasteiger partial charge in [0.2, 0.25) is 11.8 Å². The third kappa shape index (κ3) is 6.26. The van der Waals surface area contributed by atoms with Gasteiger partial charge in [0.15, 0.2) is 5.78 Å². The average molecular weight is 456 g/mol. The Morgan fingerprint density at radius 2 is 2.06 bits per heavy atom. The predicted octanol–water partition coefficient (Wildman–Crippen LogP) is 0.858. The number of aliphatic carboxylic acids is 1. The van der Waals surface area contributed by atoms with E-state index in [0.717, 1.165) is 16.5 Å². The zero-order valence-corrected chi connectivity index (χ0v) is 18.5. The number of hydrogen-bond donors (Lipinski definition) is 5. The lowest BCUT2D eigenvalue weighted by Gasteiger charge is -2.32. The first-order valence-corrected chi connectivity index (χ1v) is 10.9. The first kappa shape index (κ1) is 24.1. The summed E-state index contributed by atoms with van der Waals surface area (Å²) in [6, 6.07) is 5.44. The fraction of sp³-hybridized carbons (Fsp3) is 0.435. The van der Waals surface area contributed by atoms with Crippen molar-refractivity contribution < 1.29 is 24.3 Å². The number of H-pyrrole nitrogens is 1. The number of amides is 2. The van der Waals surface area contributed by atoms with E-state index in [1.54, 1.807) is 11.9 Å². The molecule has 1 aromatic carbocycles. The highest BCUT2D eigenvalue weighted by molar-refractivity contribution is 6.26. The molecule has 3 rings (SSSR count). The highest BCUT2D eigenvalue weighted by Gasteiger charge is 2.31. The molecule has 1 aliphatic rings. The summed E-state index contributed by atoms with van der Waals surface area (Å²) in [5.74, 6) is -2.28. The van der Waals surface area contributed by atoms with Crippen molar-refractivity contribution in [3.05, 3.63) is 36.0 Å². The summed E-state index contributed by atoms with van der Waals surface area (Å²) < 4.78 is 0. The van der Waals surface area contributed by atoms with Crippen LogP contribution in [0, 0.1) is 5.41 Å². The van der Waals surface area contributed by atoms with Gasteiger partial charge >= 0.3 is 5.97 Å². The number of aromatic nitrogens is 1. The van der Waals surface area contributed by atoms with E-state index in [0.29, 0.717) is 25.6 Å². The highest BCUT2D eigenvalue weighted by atomic mass is 16.4. The summed E-state index contributed by atoms with van der Waals surface area (Å²) in [6.07, 6.45) is 3.43. The quantitative estimate of drug-likeness (QED) is 0.317. The SMILES string of the molecule is CN1CCC(N[C@@H](Cc2c[nH]c3ccccc23)C(=O)N[C@@H](CCC(=O)C=N)C(=O)O)CC1=O. The van der Waals surface area contributed by atoms with Gasteiger partial charge in [-0.3, -0.25) is 14.4 Å². The van der Waals surface area contributed by atoms with Gasteiger partial charge in [-0.05, 0) is 30.9 Å². The van der Waals surface area contributed by atoms with Crippen molar-refractivity contribution in [3.8, 4) is 0 Å². The third-order valence-corrected chi connectivity index (χ3v) is 5.97. The first-order chi connectivity index (χ1) is 15.8. The van der Waals surface area contributed by atoms with E-state index in [2.05, 4.69) is 15.6 Å². The Morgan fingerprint density at radius 1 is 1.30 bits per heavy atom. The number of fused-ring (bicyclic) bond motifs is 1. The molecule has 10 heteroatoms. The summed E-state index contributed by atoms with van der Waals surface area (Å²) in [6.45, 7) is 0.571. The molecule has 2 amide bonds. The van der Waals surface area contributed by atoms with E-state index >= 15 is 0 Å². The number of rotatable bonds is 11. The molecular weight excluding hydrogens is 426 g/mol. The number of carbonyl (C=O) groups excluding carboxylic acids is 3. The summed E-state index contributed by atoms with van der Waals surface area (Å²) in [5, 5.41) is 23.2. The Bertz CT molecular complexity index is 1050. The number of ketones is 1. The van der Waals surface area contributed by atoms with Crippen molar-refractivity contribution in [3.63, 3.8) is 0 Å². The molecule has 176 valence electrons. The van der Waals surface area contributed by atoms with Crippen LogP contribution in [0.4, 0.5) is 0 Å². The Morgan fingerprint density at radius 3 is 2.76 bits per heavy atom. The Labute approximate surface area is 191 Å². The van der Waals surface area contributed by atoms with E-state index in [1.807, 2.05) is 30.5 Å². The van der Waals surface area contributed by atoms with Crippen LogP contribution >= 0.6 is 0 Å². The number of aromatic amines is 1. The number of piperidine rings is 1. The molecule has 1 aliphatic heterocycles. The summed E-state index contributed by atoms with van der Waals surface area (Å²) in [7, 11) is 1.74. The minimum Gasteiger partial charge on any atom is -0.480 e. The van der Waals surface area contributed by atoms with Crippen molar-refractivity contribution in [1.82, 2.24) is 20.5 Å². The zero-order valence-electron chi connectivity index (χ0n) is 18.5. The summed E-state index contributed by atoms with van der Waals surface area (Å²) in [5.41, 5.74) is 1.82. The van der Waals surface area contributed by atoms with Crippen molar-refractivity contribution in [2.24, 2.45) is 0 Å². The monoisotopic (exact) mass is 455 g/mol. The van der Waals surface area contributed by atoms with Crippen molar-refractivity contribution in [1.29, 1.82) is 5.41 Å². The van der Waals surface area contributed by atoms with E-state index in [4.69, 9.17) is 5.41 Å². The van der Waals surface area contributed by atoms with Crippen molar-refractivity contribution >= 4 is 40.7 Å². The molecule has 2 heterocycles. The molecule has 10 nitrogen and oxygen atoms in total. The van der Waals surface area contributed by atoms with Crippen LogP contribution in [0.15, 0.2) is 30.5 Å². The molecule has 0 aliphatic carbocycles. The highest BCUT2D eigenvalue weighted by Crippen LogP contribution is 2.20. The number of hydrogen-bond acceptors (Lipinski definition) is 6. The van der Waals surface area contributed by atoms with E-state index < -0.39 is 29.7 Å². The van der Waals surface area contributed by atoms with Crippen molar-refractivity contribution in [2.75, 3.05) is 13.6 Å². The molecule has 0 spiro atoms. The largest absolute Gasteiger partial charge is 0.480 e. The number of Topliss-reactive ketones (excluding diaryl/α,β-unsaturated/α-hetero) is 1. The van der Waals surface area contributed by atoms with Gasteiger partial charge < -0.3 is 31.0 Å². The fourth-order valence-corrected chi connectivity index (χ4v) is 4.01. The van der Waals surface area contributed by atoms with Gasteiger partial charge in [-0.1, -0.05) is 18.2 Å². The number of para-hydroxylation sites is 1. The predicted molar refractivity (Wildman–Crippen MR) is 122 cm³/mol. The van der Waals surface area contributed by atoms with Crippen LogP contribution in [0.5, 0.6) is 0 Å². The molecule has 0 saturated carbocycles. The van der Waals surface area contributed by atoms with Gasteiger partial charge in [-0.15, -0.1) is 0 Å². The molecule has 1 aromatic heterocycles. The zero-order chi connectivity index (χ0) is 24.0. The Balaban J connectivity index is 1.78. The van der Waals surface area contributed by atoms with Crippen LogP contribution in [0.25, 0.3) is 10.9 Å². The van der Waals surface area contributed by atoms with Crippen LogP contribution in [-0.4, -0.2) is 76.5 Å². The normalized spacial score (nSPS) is 18.0. The molecule has 0 radical (unpaired) electrons. The van der Waals surface area contributed by atoms with Crippen LogP contribution in [0.2, 0.25) is 0 Å². The second kappa shape index (κ2) is 10.9. The fourth-order valence-electron chi connectivity index (χ4n) is 4.01. The number of likely N-dealkylation sites (tertiary alicyclic amines) is 1. The lowest BCUT2D eigenvalue weighted by Crippen LogP contribution is -2.55. The Kier molecular flexibility index (Phi) is 7.94. The van der Waals surface area contributed by atoms with Crippen LogP contribution in [0.1, 0.15) is 31.2 Å². The number of nitrogens with one attached hydrogen (secondary N) is 4. The Hall–Kier alpha value is -3.53. The molecule has 1 fully saturated rings. The summed E-state index contributed by atoms with van der Waals surface area (Å²) >= 11 is 0. The molecule has 2 aromatic rings. The second-order valence-corrected chi connectivity index (χ2v) is 8.34. The van der Waals surface area contributed by atoms with Crippen LogP contribution in [-0.2, 0) is 25.6 Å². The standard InChI is InChI=1S/C23H29N5O5/c1-28-9-8-15(11-21(28)30)26-20(10-14-13-25-18-5-3-2-4-17(14)18)22(31)27-19(23(32)33)7-6-16(29)12-24/h2-5,12-13,15,19-20,24-26H,6-11H2,1H3,(H,27,31)(H,32,33)/t15?,19-,20-/m0/s1. The maximum atomic E-state index is 13.2. The van der Waals surface area contributed by atoms with Crippen LogP contribution < -0.4 is 10.6 Å². The molecule has 0 bridgehead atoms. The van der Waals surface area contributed by atoms with Gasteiger partial charge in [-0.2, -0.15) is 0 Å². The maximum Gasteiger partial charge on any atom is 0.326 e. The lowest BCUT2D eigenvalue weighted by atomic mass is 9.99. The van der Waals surface area contributed by atoms with E-state index in [1.165, 1.54) is 0 Å². The van der Waals surface area contributed by atoms with Gasteiger partial charge in [0.05, 0.1) is 12.3 Å². The van der Waals surface area contributed by atoms with Gasteiger partial charge in [0, 0.05) is 49.6 Å². The number of carboxylic acid groups (broad SMARTS) is 1. The molecule has 3 atom stereocenters. The minimum absolute atomic E-state index is 0.0152. The van der Waals surface area contributed by atoms with E-state index in [-0.39, 0.29) is 31.2 Å². The first-order valence-electron chi connectivity index (χ1n) is 10.9. The number of benzene rings is 1. The second-order valence-electron chi connectivity index (χ2n) is 8.34. The maximum absolute atomic E-state index is 13.2. The van der Waals surface area contributed by atoms with Gasteiger partial charge in [0.1, 0.15) is 6.04 Å². The lowest BCUT2D eigenvalue weighted by molar-refractivity contribution is -0.142. The number of nitrogens with zero attached hydrogens (tertiary/aromatic N) is 1. The molecule has 33 heavy (non-hydrogen) atoms. The number of carboxylic acids is 1. The van der Waals surface area contributed by atoms with Gasteiger partial charge in [-0.25, -0.2) is 4.79 Å². The van der Waals surface area contributed by atoms with Gasteiger partial charge in [0.25, 0.3) is 0 Å².